The van der Waals surface area contributed by atoms with Crippen LogP contribution in [0.15, 0.2) is 12.4 Å². The van der Waals surface area contributed by atoms with E-state index in [-0.39, 0.29) is 0 Å². The van der Waals surface area contributed by atoms with E-state index in [0.29, 0.717) is 12.6 Å². The van der Waals surface area contributed by atoms with Gasteiger partial charge in [0.05, 0.1) is 24.5 Å². The van der Waals surface area contributed by atoms with Crippen molar-refractivity contribution in [1.82, 2.24) is 15.3 Å². The quantitative estimate of drug-likeness (QED) is 0.769. The second-order valence-electron chi connectivity index (χ2n) is 3.99. The first kappa shape index (κ1) is 13.9. The maximum Gasteiger partial charge on any atom is 0.147 e. The van der Waals surface area contributed by atoms with Crippen LogP contribution in [0.4, 0.5) is 5.82 Å². The van der Waals surface area contributed by atoms with Crippen LogP contribution in [0.3, 0.4) is 0 Å². The van der Waals surface area contributed by atoms with Gasteiger partial charge in [-0.3, -0.25) is 4.98 Å². The second kappa shape index (κ2) is 7.19. The topological polar surface area (TPSA) is 50.3 Å². The Morgan fingerprint density at radius 3 is 2.82 bits per heavy atom. The Kier molecular flexibility index (Phi) is 5.86. The highest BCUT2D eigenvalue weighted by Crippen LogP contribution is 2.13. The number of anilines is 1. The highest BCUT2D eigenvalue weighted by molar-refractivity contribution is 5.37. The molecule has 0 bridgehead atoms. The summed E-state index contributed by atoms with van der Waals surface area (Å²) in [6.45, 7) is 6.54. The molecule has 5 heteroatoms. The van der Waals surface area contributed by atoms with Crippen molar-refractivity contribution >= 4 is 5.82 Å². The van der Waals surface area contributed by atoms with Gasteiger partial charge in [0.2, 0.25) is 0 Å². The van der Waals surface area contributed by atoms with Crippen LogP contribution in [0.5, 0.6) is 0 Å². The average Bonchev–Trinajstić information content (AvgIpc) is 2.31. The molecule has 0 saturated carbocycles. The first-order valence-electron chi connectivity index (χ1n) is 5.94. The molecule has 0 amide bonds. The fraction of sp³-hybridized carbons (Fsp3) is 0.667. The molecular formula is C12H22N4O. The van der Waals surface area contributed by atoms with Crippen LogP contribution in [-0.2, 0) is 11.3 Å². The lowest BCUT2D eigenvalue weighted by molar-refractivity contribution is 0.181. The summed E-state index contributed by atoms with van der Waals surface area (Å²) < 4.78 is 5.18. The molecule has 17 heavy (non-hydrogen) atoms. The van der Waals surface area contributed by atoms with Gasteiger partial charge >= 0.3 is 0 Å². The van der Waals surface area contributed by atoms with Crippen molar-refractivity contribution in [1.29, 1.82) is 0 Å². The molecule has 0 fully saturated rings. The third-order valence-corrected chi connectivity index (χ3v) is 2.60. The number of rotatable bonds is 7. The third-order valence-electron chi connectivity index (χ3n) is 2.60. The van der Waals surface area contributed by atoms with Crippen LogP contribution in [0.2, 0.25) is 0 Å². The smallest absolute Gasteiger partial charge is 0.147 e. The van der Waals surface area contributed by atoms with Crippen LogP contribution in [0.25, 0.3) is 0 Å². The molecule has 0 aliphatic heterocycles. The predicted octanol–water partition coefficient (Wildman–Crippen LogP) is 1.06. The molecule has 1 aromatic rings. The fourth-order valence-electron chi connectivity index (χ4n) is 1.83. The molecule has 1 aromatic heterocycles. The largest absolute Gasteiger partial charge is 0.383 e. The van der Waals surface area contributed by atoms with Gasteiger partial charge in [0.15, 0.2) is 0 Å². The van der Waals surface area contributed by atoms with E-state index in [1.54, 1.807) is 19.5 Å². The maximum absolute atomic E-state index is 5.18. The molecule has 1 rings (SSSR count). The molecule has 0 aliphatic rings. The Hall–Kier alpha value is -1.20. The van der Waals surface area contributed by atoms with Crippen LogP contribution >= 0.6 is 0 Å². The van der Waals surface area contributed by atoms with Gasteiger partial charge in [0.25, 0.3) is 0 Å². The minimum absolute atomic E-state index is 0.295. The summed E-state index contributed by atoms with van der Waals surface area (Å²) in [6.07, 6.45) is 3.59. The highest BCUT2D eigenvalue weighted by Gasteiger charge is 2.14. The Balaban J connectivity index is 2.83. The van der Waals surface area contributed by atoms with E-state index >= 15 is 0 Å². The summed E-state index contributed by atoms with van der Waals surface area (Å²) in [6, 6.07) is 0.295. The number of nitrogens with zero attached hydrogens (tertiary/aromatic N) is 3. The SMILES string of the molecule is CCN(c1cncc(CNC)n1)C(C)COC. The molecule has 1 N–H and O–H groups in total. The van der Waals surface area contributed by atoms with E-state index in [1.165, 1.54) is 0 Å². The Labute approximate surface area is 103 Å². The highest BCUT2D eigenvalue weighted by atomic mass is 16.5. The minimum atomic E-state index is 0.295. The number of nitrogens with one attached hydrogen (secondary N) is 1. The summed E-state index contributed by atoms with van der Waals surface area (Å²) in [5.74, 6) is 0.907. The van der Waals surface area contributed by atoms with Crippen molar-refractivity contribution in [3.8, 4) is 0 Å². The zero-order chi connectivity index (χ0) is 12.7. The molecule has 5 nitrogen and oxygen atoms in total. The molecule has 0 saturated heterocycles. The molecule has 0 spiro atoms. The zero-order valence-corrected chi connectivity index (χ0v) is 11.1. The zero-order valence-electron chi connectivity index (χ0n) is 11.1. The first-order chi connectivity index (χ1) is 8.22. The van der Waals surface area contributed by atoms with E-state index < -0.39 is 0 Å². The van der Waals surface area contributed by atoms with Gasteiger partial charge in [0.1, 0.15) is 5.82 Å². The summed E-state index contributed by atoms with van der Waals surface area (Å²) in [4.78, 5) is 11.0. The summed E-state index contributed by atoms with van der Waals surface area (Å²) in [5.41, 5.74) is 0.952. The van der Waals surface area contributed by atoms with Gasteiger partial charge in [0, 0.05) is 26.4 Å². The Morgan fingerprint density at radius 1 is 1.47 bits per heavy atom. The van der Waals surface area contributed by atoms with Gasteiger partial charge < -0.3 is 15.0 Å². The average molecular weight is 238 g/mol. The van der Waals surface area contributed by atoms with Crippen LogP contribution in [0, 0.1) is 0 Å². The van der Waals surface area contributed by atoms with Gasteiger partial charge in [-0.15, -0.1) is 0 Å². The van der Waals surface area contributed by atoms with Crippen LogP contribution in [0.1, 0.15) is 19.5 Å². The lowest BCUT2D eigenvalue weighted by atomic mass is 10.3. The monoisotopic (exact) mass is 238 g/mol. The van der Waals surface area contributed by atoms with Crippen molar-refractivity contribution in [2.75, 3.05) is 32.2 Å². The minimum Gasteiger partial charge on any atom is -0.383 e. The van der Waals surface area contributed by atoms with Crippen molar-refractivity contribution < 1.29 is 4.74 Å². The summed E-state index contributed by atoms with van der Waals surface area (Å²) in [7, 11) is 3.62. The van der Waals surface area contributed by atoms with E-state index in [4.69, 9.17) is 4.74 Å². The molecule has 0 aliphatic carbocycles. The fourth-order valence-corrected chi connectivity index (χ4v) is 1.83. The number of hydrogen-bond donors (Lipinski definition) is 1. The molecule has 1 atom stereocenters. The molecule has 0 radical (unpaired) electrons. The first-order valence-corrected chi connectivity index (χ1v) is 5.94. The normalized spacial score (nSPS) is 12.5. The summed E-state index contributed by atoms with van der Waals surface area (Å²) >= 11 is 0. The standard InChI is InChI=1S/C12H22N4O/c1-5-16(10(2)9-17-4)12-8-14-7-11(15-12)6-13-3/h7-8,10,13H,5-6,9H2,1-4H3. The van der Waals surface area contributed by atoms with Gasteiger partial charge in [-0.25, -0.2) is 4.98 Å². The Bertz CT molecular complexity index is 332. The predicted molar refractivity (Wildman–Crippen MR) is 69.2 cm³/mol. The number of aromatic nitrogens is 2. The van der Waals surface area contributed by atoms with Gasteiger partial charge in [-0.2, -0.15) is 0 Å². The lowest BCUT2D eigenvalue weighted by Crippen LogP contribution is -2.37. The van der Waals surface area contributed by atoms with E-state index in [9.17, 15) is 0 Å². The van der Waals surface area contributed by atoms with Crippen molar-refractivity contribution in [3.05, 3.63) is 18.1 Å². The number of ether oxygens (including phenoxy) is 1. The third kappa shape index (κ3) is 3.94. The molecule has 1 unspecified atom stereocenters. The molecule has 1 heterocycles. The van der Waals surface area contributed by atoms with Crippen molar-refractivity contribution in [2.24, 2.45) is 0 Å². The van der Waals surface area contributed by atoms with Crippen molar-refractivity contribution in [3.63, 3.8) is 0 Å². The lowest BCUT2D eigenvalue weighted by Gasteiger charge is -2.28. The summed E-state index contributed by atoms with van der Waals surface area (Å²) in [5, 5.41) is 3.08. The van der Waals surface area contributed by atoms with Gasteiger partial charge in [-0.05, 0) is 20.9 Å². The number of methoxy groups -OCH3 is 1. The molecular weight excluding hydrogens is 216 g/mol. The van der Waals surface area contributed by atoms with Crippen LogP contribution < -0.4 is 10.2 Å². The Morgan fingerprint density at radius 2 is 2.24 bits per heavy atom. The number of likely N-dealkylation sites (N-methyl/N-ethyl adjacent to an activating group) is 1. The van der Waals surface area contributed by atoms with E-state index in [2.05, 4.69) is 34.0 Å². The van der Waals surface area contributed by atoms with Gasteiger partial charge in [-0.1, -0.05) is 0 Å². The van der Waals surface area contributed by atoms with Crippen molar-refractivity contribution in [2.45, 2.75) is 26.4 Å². The maximum atomic E-state index is 5.18. The van der Waals surface area contributed by atoms with E-state index in [0.717, 1.165) is 24.6 Å². The number of hydrogen-bond acceptors (Lipinski definition) is 5. The molecule has 0 aromatic carbocycles. The molecule has 96 valence electrons. The second-order valence-corrected chi connectivity index (χ2v) is 3.99. The van der Waals surface area contributed by atoms with Crippen LogP contribution in [-0.4, -0.2) is 43.3 Å². The van der Waals surface area contributed by atoms with E-state index in [1.807, 2.05) is 7.05 Å².